The Morgan fingerprint density at radius 3 is 2.80 bits per heavy atom. The van der Waals surface area contributed by atoms with Gasteiger partial charge in [-0.2, -0.15) is 0 Å². The maximum absolute atomic E-state index is 13.1. The van der Waals surface area contributed by atoms with E-state index in [2.05, 4.69) is 21.2 Å². The van der Waals surface area contributed by atoms with E-state index in [4.69, 9.17) is 10.5 Å². The standard InChI is InChI=1S/C13H16BrFN2O3/c1-2-3-4-17-12(18)7-20-13(19)8-5-11(16)10(15)6-9(8)14/h5-6H,2-4,7,16H2,1H3,(H,17,18). The molecule has 1 aromatic rings. The van der Waals surface area contributed by atoms with Gasteiger partial charge in [0.05, 0.1) is 11.3 Å². The van der Waals surface area contributed by atoms with Crippen LogP contribution in [0.25, 0.3) is 0 Å². The first-order valence-electron chi connectivity index (χ1n) is 6.14. The molecule has 0 saturated heterocycles. The number of nitrogens with two attached hydrogens (primary N) is 1. The van der Waals surface area contributed by atoms with E-state index in [0.29, 0.717) is 6.54 Å². The Bertz CT molecular complexity index is 509. The molecule has 0 spiro atoms. The van der Waals surface area contributed by atoms with Gasteiger partial charge in [-0.05, 0) is 34.5 Å². The predicted molar refractivity (Wildman–Crippen MR) is 76.7 cm³/mol. The zero-order chi connectivity index (χ0) is 15.1. The van der Waals surface area contributed by atoms with Crippen molar-refractivity contribution in [2.75, 3.05) is 18.9 Å². The molecule has 1 aromatic carbocycles. The van der Waals surface area contributed by atoms with Crippen molar-refractivity contribution in [2.45, 2.75) is 19.8 Å². The summed E-state index contributed by atoms with van der Waals surface area (Å²) < 4.78 is 18.2. The van der Waals surface area contributed by atoms with Crippen molar-refractivity contribution in [3.63, 3.8) is 0 Å². The molecule has 5 nitrogen and oxygen atoms in total. The van der Waals surface area contributed by atoms with E-state index in [1.807, 2.05) is 6.92 Å². The van der Waals surface area contributed by atoms with Crippen molar-refractivity contribution < 1.29 is 18.7 Å². The number of amides is 1. The summed E-state index contributed by atoms with van der Waals surface area (Å²) >= 11 is 3.04. The smallest absolute Gasteiger partial charge is 0.339 e. The topological polar surface area (TPSA) is 81.4 Å². The van der Waals surface area contributed by atoms with Gasteiger partial charge in [0.15, 0.2) is 6.61 Å². The van der Waals surface area contributed by atoms with Crippen LogP contribution in [-0.4, -0.2) is 25.0 Å². The highest BCUT2D eigenvalue weighted by molar-refractivity contribution is 9.10. The number of carbonyl (C=O) groups excluding carboxylic acids is 2. The minimum absolute atomic E-state index is 0.0743. The third kappa shape index (κ3) is 4.80. The molecule has 0 radical (unpaired) electrons. The van der Waals surface area contributed by atoms with Crippen molar-refractivity contribution in [1.82, 2.24) is 5.32 Å². The molecule has 0 atom stereocenters. The Labute approximate surface area is 124 Å². The minimum Gasteiger partial charge on any atom is -0.452 e. The lowest BCUT2D eigenvalue weighted by Crippen LogP contribution is -2.29. The molecule has 3 N–H and O–H groups in total. The Balaban J connectivity index is 2.55. The number of ether oxygens (including phenoxy) is 1. The van der Waals surface area contributed by atoms with Crippen molar-refractivity contribution >= 4 is 33.5 Å². The van der Waals surface area contributed by atoms with Crippen LogP contribution in [0.3, 0.4) is 0 Å². The molecule has 20 heavy (non-hydrogen) atoms. The Morgan fingerprint density at radius 1 is 1.45 bits per heavy atom. The molecule has 0 aromatic heterocycles. The van der Waals surface area contributed by atoms with Crippen molar-refractivity contribution in [3.8, 4) is 0 Å². The molecule has 0 bridgehead atoms. The molecule has 1 amide bonds. The fourth-order valence-electron chi connectivity index (χ4n) is 1.39. The Morgan fingerprint density at radius 2 is 2.15 bits per heavy atom. The lowest BCUT2D eigenvalue weighted by Gasteiger charge is -2.08. The summed E-state index contributed by atoms with van der Waals surface area (Å²) in [7, 11) is 0. The Kier molecular flexibility index (Phi) is 6.44. The number of benzene rings is 1. The number of hydrogen-bond acceptors (Lipinski definition) is 4. The van der Waals surface area contributed by atoms with Crippen LogP contribution in [0.15, 0.2) is 16.6 Å². The quantitative estimate of drug-likeness (QED) is 0.470. The zero-order valence-electron chi connectivity index (χ0n) is 11.0. The molecule has 0 aliphatic rings. The number of anilines is 1. The SMILES string of the molecule is CCCCNC(=O)COC(=O)c1cc(N)c(F)cc1Br. The summed E-state index contributed by atoms with van der Waals surface area (Å²) in [6.07, 6.45) is 1.82. The number of rotatable bonds is 6. The van der Waals surface area contributed by atoms with Gasteiger partial charge in [-0.15, -0.1) is 0 Å². The van der Waals surface area contributed by atoms with Crippen LogP contribution < -0.4 is 11.1 Å². The first-order chi connectivity index (χ1) is 9.45. The van der Waals surface area contributed by atoms with Crippen LogP contribution in [0.4, 0.5) is 10.1 Å². The number of hydrogen-bond donors (Lipinski definition) is 2. The molecule has 0 aliphatic carbocycles. The van der Waals surface area contributed by atoms with E-state index in [-0.39, 0.29) is 28.2 Å². The highest BCUT2D eigenvalue weighted by Crippen LogP contribution is 2.23. The average molecular weight is 347 g/mol. The first kappa shape index (κ1) is 16.4. The molecular formula is C13H16BrFN2O3. The van der Waals surface area contributed by atoms with Crippen LogP contribution in [0, 0.1) is 5.82 Å². The van der Waals surface area contributed by atoms with Gasteiger partial charge in [-0.25, -0.2) is 9.18 Å². The van der Waals surface area contributed by atoms with Gasteiger partial charge in [-0.1, -0.05) is 13.3 Å². The number of nitrogen functional groups attached to an aromatic ring is 1. The molecule has 0 heterocycles. The number of nitrogens with one attached hydrogen (secondary N) is 1. The minimum atomic E-state index is -0.741. The van der Waals surface area contributed by atoms with E-state index in [1.54, 1.807) is 0 Å². The van der Waals surface area contributed by atoms with Gasteiger partial charge >= 0.3 is 5.97 Å². The Hall–Kier alpha value is -1.63. The van der Waals surface area contributed by atoms with Crippen LogP contribution >= 0.6 is 15.9 Å². The van der Waals surface area contributed by atoms with E-state index >= 15 is 0 Å². The van der Waals surface area contributed by atoms with E-state index in [0.717, 1.165) is 25.0 Å². The van der Waals surface area contributed by atoms with Crippen molar-refractivity contribution in [2.24, 2.45) is 0 Å². The molecule has 0 aliphatic heterocycles. The van der Waals surface area contributed by atoms with Crippen molar-refractivity contribution in [3.05, 3.63) is 28.0 Å². The molecule has 110 valence electrons. The number of carbonyl (C=O) groups is 2. The summed E-state index contributed by atoms with van der Waals surface area (Å²) in [5, 5.41) is 2.61. The largest absolute Gasteiger partial charge is 0.452 e. The number of esters is 1. The average Bonchev–Trinajstić information content (AvgIpc) is 2.40. The predicted octanol–water partition coefficient (Wildman–Crippen LogP) is 2.24. The van der Waals surface area contributed by atoms with E-state index in [1.165, 1.54) is 0 Å². The third-order valence-corrected chi connectivity index (χ3v) is 3.15. The van der Waals surface area contributed by atoms with Crippen LogP contribution in [-0.2, 0) is 9.53 Å². The summed E-state index contributed by atoms with van der Waals surface area (Å²) in [6, 6.07) is 2.24. The highest BCUT2D eigenvalue weighted by Gasteiger charge is 2.15. The molecular weight excluding hydrogens is 331 g/mol. The lowest BCUT2D eigenvalue weighted by molar-refractivity contribution is -0.124. The summed E-state index contributed by atoms with van der Waals surface area (Å²) in [6.45, 7) is 2.16. The second kappa shape index (κ2) is 7.84. The molecule has 7 heteroatoms. The molecule has 0 saturated carbocycles. The van der Waals surface area contributed by atoms with Gasteiger partial charge < -0.3 is 15.8 Å². The number of halogens is 2. The third-order valence-electron chi connectivity index (χ3n) is 2.49. The summed E-state index contributed by atoms with van der Waals surface area (Å²) in [5.74, 6) is -1.75. The van der Waals surface area contributed by atoms with Gasteiger partial charge in [0.25, 0.3) is 5.91 Å². The summed E-state index contributed by atoms with van der Waals surface area (Å²) in [5.41, 5.74) is 5.30. The lowest BCUT2D eigenvalue weighted by atomic mass is 10.2. The van der Waals surface area contributed by atoms with E-state index < -0.39 is 11.8 Å². The second-order valence-corrected chi connectivity index (χ2v) is 4.99. The molecule has 0 unspecified atom stereocenters. The van der Waals surface area contributed by atoms with Gasteiger partial charge in [-0.3, -0.25) is 4.79 Å². The van der Waals surface area contributed by atoms with Crippen LogP contribution in [0.5, 0.6) is 0 Å². The normalized spacial score (nSPS) is 10.2. The zero-order valence-corrected chi connectivity index (χ0v) is 12.6. The van der Waals surface area contributed by atoms with Crippen LogP contribution in [0.2, 0.25) is 0 Å². The van der Waals surface area contributed by atoms with E-state index in [9.17, 15) is 14.0 Å². The summed E-state index contributed by atoms with van der Waals surface area (Å²) in [4.78, 5) is 23.1. The first-order valence-corrected chi connectivity index (χ1v) is 6.93. The van der Waals surface area contributed by atoms with Gasteiger partial charge in [0.2, 0.25) is 0 Å². The van der Waals surface area contributed by atoms with Crippen LogP contribution in [0.1, 0.15) is 30.1 Å². The number of unbranched alkanes of at least 4 members (excludes halogenated alkanes) is 1. The highest BCUT2D eigenvalue weighted by atomic mass is 79.9. The second-order valence-electron chi connectivity index (χ2n) is 4.13. The maximum atomic E-state index is 13.1. The van der Waals surface area contributed by atoms with Gasteiger partial charge in [0, 0.05) is 11.0 Å². The molecule has 0 fully saturated rings. The fourth-order valence-corrected chi connectivity index (χ4v) is 1.86. The monoisotopic (exact) mass is 346 g/mol. The van der Waals surface area contributed by atoms with Gasteiger partial charge in [0.1, 0.15) is 5.82 Å². The fraction of sp³-hybridized carbons (Fsp3) is 0.385. The van der Waals surface area contributed by atoms with Crippen molar-refractivity contribution in [1.29, 1.82) is 0 Å². The maximum Gasteiger partial charge on any atom is 0.339 e. The molecule has 1 rings (SSSR count).